The van der Waals surface area contributed by atoms with Crippen LogP contribution >= 0.6 is 0 Å². The Hall–Kier alpha value is -3.48. The number of aryl methyl sites for hydroxylation is 1. The molecule has 0 spiro atoms. The average molecular weight is 434 g/mol. The van der Waals surface area contributed by atoms with Gasteiger partial charge in [-0.2, -0.15) is 0 Å². The van der Waals surface area contributed by atoms with Gasteiger partial charge in [0, 0.05) is 5.69 Å². The summed E-state index contributed by atoms with van der Waals surface area (Å²) in [5, 5.41) is 2.68. The molecule has 2 aromatic carbocycles. The number of rotatable bonds is 5. The molecule has 2 aromatic rings. The highest BCUT2D eigenvalue weighted by molar-refractivity contribution is 6.22. The average Bonchev–Trinajstić information content (AvgIpc) is 3.01. The molecule has 0 radical (unpaired) electrons. The van der Waals surface area contributed by atoms with Crippen LogP contribution in [0.4, 0.5) is 11.4 Å². The van der Waals surface area contributed by atoms with E-state index in [2.05, 4.69) is 12.2 Å². The van der Waals surface area contributed by atoms with E-state index in [1.807, 2.05) is 25.1 Å². The maximum Gasteiger partial charge on any atom is 0.338 e. The van der Waals surface area contributed by atoms with Gasteiger partial charge < -0.3 is 10.1 Å². The van der Waals surface area contributed by atoms with Crippen LogP contribution in [0.2, 0.25) is 0 Å². The van der Waals surface area contributed by atoms with Crippen molar-refractivity contribution >= 4 is 35.1 Å². The maximum absolute atomic E-state index is 12.8. The molecule has 3 amide bonds. The van der Waals surface area contributed by atoms with Crippen LogP contribution in [0, 0.1) is 24.7 Å². The van der Waals surface area contributed by atoms with Crippen molar-refractivity contribution in [2.45, 2.75) is 33.1 Å². The van der Waals surface area contributed by atoms with Gasteiger partial charge in [0.15, 0.2) is 6.61 Å². The van der Waals surface area contributed by atoms with Crippen LogP contribution in [0.3, 0.4) is 0 Å². The lowest BCUT2D eigenvalue weighted by atomic mass is 9.76. The Morgan fingerprint density at radius 2 is 1.75 bits per heavy atom. The van der Waals surface area contributed by atoms with Crippen molar-refractivity contribution in [1.29, 1.82) is 0 Å². The van der Waals surface area contributed by atoms with Crippen molar-refractivity contribution in [3.05, 3.63) is 59.7 Å². The molecule has 3 atom stereocenters. The number of fused-ring (bicyclic) bond motifs is 1. The highest BCUT2D eigenvalue weighted by Crippen LogP contribution is 2.42. The molecule has 1 aliphatic heterocycles. The van der Waals surface area contributed by atoms with Crippen LogP contribution in [-0.2, 0) is 19.1 Å². The molecule has 0 unspecified atom stereocenters. The summed E-state index contributed by atoms with van der Waals surface area (Å²) in [6.07, 6.45) is 2.43. The molecule has 1 aliphatic carbocycles. The number of hydrogen-bond acceptors (Lipinski definition) is 5. The third-order valence-electron chi connectivity index (χ3n) is 6.19. The summed E-state index contributed by atoms with van der Waals surface area (Å²) in [4.78, 5) is 51.2. The molecule has 2 fully saturated rings. The smallest absolute Gasteiger partial charge is 0.338 e. The van der Waals surface area contributed by atoms with E-state index < -0.39 is 18.5 Å². The molecule has 166 valence electrons. The normalized spacial score (nSPS) is 22.4. The number of hydrogen-bond donors (Lipinski definition) is 1. The number of imide groups is 1. The van der Waals surface area contributed by atoms with E-state index in [0.717, 1.165) is 24.8 Å². The Kier molecular flexibility index (Phi) is 6.08. The zero-order chi connectivity index (χ0) is 22.8. The topological polar surface area (TPSA) is 92.8 Å². The Labute approximate surface area is 186 Å². The van der Waals surface area contributed by atoms with Crippen molar-refractivity contribution < 1.29 is 23.9 Å². The first-order chi connectivity index (χ1) is 15.3. The van der Waals surface area contributed by atoms with E-state index in [4.69, 9.17) is 4.74 Å². The van der Waals surface area contributed by atoms with Crippen LogP contribution < -0.4 is 10.2 Å². The molecule has 2 aliphatic rings. The second-order valence-corrected chi connectivity index (χ2v) is 8.68. The standard InChI is InChI=1S/C25H26N2O5/c1-15-4-3-5-18(12-15)26-22(28)14-32-25(31)17-7-9-19(10-8-17)27-23(29)20-11-6-16(2)13-21(20)24(27)30/h3-5,7-10,12,16,20-21H,6,11,13-14H2,1-2H3,(H,26,28)/t16-,20-,21-/m1/s1. The van der Waals surface area contributed by atoms with E-state index in [1.165, 1.54) is 17.0 Å². The lowest BCUT2D eigenvalue weighted by molar-refractivity contribution is -0.122. The fourth-order valence-corrected chi connectivity index (χ4v) is 4.53. The monoisotopic (exact) mass is 434 g/mol. The summed E-state index contributed by atoms with van der Waals surface area (Å²) < 4.78 is 5.09. The highest BCUT2D eigenvalue weighted by Gasteiger charge is 2.49. The predicted octanol–water partition coefficient (Wildman–Crippen LogP) is 3.72. The van der Waals surface area contributed by atoms with Gasteiger partial charge in [-0.05, 0) is 74.1 Å². The Morgan fingerprint density at radius 1 is 1.03 bits per heavy atom. The van der Waals surface area contributed by atoms with Crippen molar-refractivity contribution in [2.24, 2.45) is 17.8 Å². The SMILES string of the molecule is Cc1cccc(NC(=O)COC(=O)c2ccc(N3C(=O)[C@@H]4CC[C@@H](C)C[C@H]4C3=O)cc2)c1. The number of benzene rings is 2. The first-order valence-electron chi connectivity index (χ1n) is 10.8. The number of nitrogens with zero attached hydrogens (tertiary/aromatic N) is 1. The van der Waals surface area contributed by atoms with Gasteiger partial charge >= 0.3 is 5.97 Å². The van der Waals surface area contributed by atoms with Crippen LogP contribution in [0.5, 0.6) is 0 Å². The summed E-state index contributed by atoms with van der Waals surface area (Å²) in [6.45, 7) is 3.61. The minimum atomic E-state index is -0.655. The number of ether oxygens (including phenoxy) is 1. The fourth-order valence-electron chi connectivity index (χ4n) is 4.53. The number of anilines is 2. The minimum absolute atomic E-state index is 0.157. The lowest BCUT2D eigenvalue weighted by Crippen LogP contribution is -2.30. The van der Waals surface area contributed by atoms with E-state index >= 15 is 0 Å². The first-order valence-corrected chi connectivity index (χ1v) is 10.8. The second kappa shape index (κ2) is 8.94. The van der Waals surface area contributed by atoms with Crippen molar-refractivity contribution in [3.63, 3.8) is 0 Å². The van der Waals surface area contributed by atoms with Crippen molar-refractivity contribution in [3.8, 4) is 0 Å². The fraction of sp³-hybridized carbons (Fsp3) is 0.360. The molecule has 0 aromatic heterocycles. The largest absolute Gasteiger partial charge is 0.452 e. The minimum Gasteiger partial charge on any atom is -0.452 e. The number of carbonyl (C=O) groups is 4. The van der Waals surface area contributed by atoms with Gasteiger partial charge in [0.05, 0.1) is 23.1 Å². The summed E-state index contributed by atoms with van der Waals surface area (Å²) in [5.74, 6) is -1.46. The molecular formula is C25H26N2O5. The van der Waals surface area contributed by atoms with Crippen molar-refractivity contribution in [1.82, 2.24) is 0 Å². The summed E-state index contributed by atoms with van der Waals surface area (Å²) in [5.41, 5.74) is 2.33. The first kappa shape index (κ1) is 21.7. The van der Waals surface area contributed by atoms with Gasteiger partial charge in [0.1, 0.15) is 0 Å². The maximum atomic E-state index is 12.8. The Balaban J connectivity index is 1.36. The second-order valence-electron chi connectivity index (χ2n) is 8.68. The zero-order valence-electron chi connectivity index (χ0n) is 18.2. The quantitative estimate of drug-likeness (QED) is 0.572. The van der Waals surface area contributed by atoms with Gasteiger partial charge in [-0.3, -0.25) is 19.3 Å². The van der Waals surface area contributed by atoms with Crippen LogP contribution in [0.25, 0.3) is 0 Å². The summed E-state index contributed by atoms with van der Waals surface area (Å²) in [7, 11) is 0. The van der Waals surface area contributed by atoms with Gasteiger partial charge in [-0.25, -0.2) is 4.79 Å². The van der Waals surface area contributed by atoms with Crippen LogP contribution in [-0.4, -0.2) is 30.3 Å². The summed E-state index contributed by atoms with van der Waals surface area (Å²) in [6, 6.07) is 13.4. The van der Waals surface area contributed by atoms with E-state index in [9.17, 15) is 19.2 Å². The molecule has 1 saturated heterocycles. The Bertz CT molecular complexity index is 1060. The van der Waals surface area contributed by atoms with E-state index in [1.54, 1.807) is 18.2 Å². The van der Waals surface area contributed by atoms with E-state index in [0.29, 0.717) is 17.3 Å². The molecular weight excluding hydrogens is 408 g/mol. The third-order valence-corrected chi connectivity index (χ3v) is 6.19. The molecule has 1 heterocycles. The molecule has 1 N–H and O–H groups in total. The van der Waals surface area contributed by atoms with Gasteiger partial charge in [0.25, 0.3) is 5.91 Å². The number of esters is 1. The number of carbonyl (C=O) groups excluding carboxylic acids is 4. The van der Waals surface area contributed by atoms with Crippen molar-refractivity contribution in [2.75, 3.05) is 16.8 Å². The lowest BCUT2D eigenvalue weighted by Gasteiger charge is -2.25. The molecule has 0 bridgehead atoms. The number of nitrogens with one attached hydrogen (secondary N) is 1. The van der Waals surface area contributed by atoms with Gasteiger partial charge in [-0.1, -0.05) is 19.1 Å². The number of amides is 3. The molecule has 32 heavy (non-hydrogen) atoms. The zero-order valence-corrected chi connectivity index (χ0v) is 18.2. The van der Waals surface area contributed by atoms with Crippen LogP contribution in [0.15, 0.2) is 48.5 Å². The predicted molar refractivity (Wildman–Crippen MR) is 119 cm³/mol. The molecule has 7 nitrogen and oxygen atoms in total. The third kappa shape index (κ3) is 4.42. The van der Waals surface area contributed by atoms with E-state index in [-0.39, 0.29) is 29.2 Å². The molecule has 1 saturated carbocycles. The summed E-state index contributed by atoms with van der Waals surface area (Å²) >= 11 is 0. The Morgan fingerprint density at radius 3 is 2.47 bits per heavy atom. The van der Waals surface area contributed by atoms with Gasteiger partial charge in [0.2, 0.25) is 11.8 Å². The van der Waals surface area contributed by atoms with Gasteiger partial charge in [-0.15, -0.1) is 0 Å². The highest BCUT2D eigenvalue weighted by atomic mass is 16.5. The molecule has 7 heteroatoms. The molecule has 4 rings (SSSR count). The van der Waals surface area contributed by atoms with Crippen LogP contribution in [0.1, 0.15) is 42.1 Å².